The van der Waals surface area contributed by atoms with Gasteiger partial charge in [0.05, 0.1) is 12.2 Å². The molecule has 80 valence electrons. The molecule has 0 heterocycles. The summed E-state index contributed by atoms with van der Waals surface area (Å²) in [5.41, 5.74) is 0.370. The van der Waals surface area contributed by atoms with Crippen LogP contribution < -0.4 is 10.1 Å². The first-order chi connectivity index (χ1) is 7.15. The van der Waals surface area contributed by atoms with Crippen molar-refractivity contribution in [2.75, 3.05) is 6.61 Å². The van der Waals surface area contributed by atoms with Crippen LogP contribution in [0.5, 0.6) is 5.75 Å². The first-order valence-corrected chi connectivity index (χ1v) is 4.69. The van der Waals surface area contributed by atoms with Crippen LogP contribution in [0.2, 0.25) is 0 Å². The monoisotopic (exact) mass is 207 g/mol. The molecule has 1 aromatic carbocycles. The molecule has 0 spiro atoms. The highest BCUT2D eigenvalue weighted by atomic mass is 16.5. The molecular formula is C11H13NO3. The summed E-state index contributed by atoms with van der Waals surface area (Å²) in [6, 6.07) is 6.80. The van der Waals surface area contributed by atoms with Gasteiger partial charge in [0.2, 0.25) is 5.91 Å². The van der Waals surface area contributed by atoms with E-state index in [1.807, 2.05) is 6.92 Å². The smallest absolute Gasteiger partial charge is 0.261 e. The second-order valence-corrected chi connectivity index (χ2v) is 2.94. The molecule has 4 heteroatoms. The van der Waals surface area contributed by atoms with Gasteiger partial charge in [-0.3, -0.25) is 14.9 Å². The fourth-order valence-electron chi connectivity index (χ4n) is 1.16. The third-order valence-electron chi connectivity index (χ3n) is 1.72. The molecule has 2 amide bonds. The average molecular weight is 207 g/mol. The number of ether oxygens (including phenoxy) is 1. The molecule has 0 aliphatic heterocycles. The van der Waals surface area contributed by atoms with Crippen LogP contribution in [0.1, 0.15) is 24.2 Å². The first kappa shape index (κ1) is 11.2. The standard InChI is InChI=1S/C11H13NO3/c1-3-15-10-7-5-4-6-9(10)11(14)12-8(2)13/h4-7H,3H2,1-2H3,(H,12,13,14). The van der Waals surface area contributed by atoms with Crippen molar-refractivity contribution in [1.29, 1.82) is 0 Å². The Labute approximate surface area is 88.2 Å². The van der Waals surface area contributed by atoms with Crippen LogP contribution in [-0.4, -0.2) is 18.4 Å². The Balaban J connectivity index is 2.91. The minimum atomic E-state index is -0.438. The van der Waals surface area contributed by atoms with E-state index in [4.69, 9.17) is 4.74 Å². The molecule has 15 heavy (non-hydrogen) atoms. The van der Waals surface area contributed by atoms with Crippen molar-refractivity contribution in [3.63, 3.8) is 0 Å². The largest absolute Gasteiger partial charge is 0.493 e. The van der Waals surface area contributed by atoms with E-state index in [0.717, 1.165) is 0 Å². The number of nitrogens with one attached hydrogen (secondary N) is 1. The topological polar surface area (TPSA) is 55.4 Å². The number of carbonyl (C=O) groups excluding carboxylic acids is 2. The molecule has 0 aliphatic rings. The normalized spacial score (nSPS) is 9.47. The highest BCUT2D eigenvalue weighted by Crippen LogP contribution is 2.17. The molecule has 0 saturated heterocycles. The maximum Gasteiger partial charge on any atom is 0.261 e. The summed E-state index contributed by atoms with van der Waals surface area (Å²) in [5.74, 6) is -0.336. The summed E-state index contributed by atoms with van der Waals surface area (Å²) in [6.07, 6.45) is 0. The summed E-state index contributed by atoms with van der Waals surface area (Å²) >= 11 is 0. The van der Waals surface area contributed by atoms with E-state index >= 15 is 0 Å². The lowest BCUT2D eigenvalue weighted by Crippen LogP contribution is -2.28. The summed E-state index contributed by atoms with van der Waals surface area (Å²) in [5, 5.41) is 2.20. The van der Waals surface area contributed by atoms with Crippen molar-refractivity contribution in [1.82, 2.24) is 5.32 Å². The van der Waals surface area contributed by atoms with Crippen LogP contribution in [-0.2, 0) is 4.79 Å². The molecule has 0 radical (unpaired) electrons. The van der Waals surface area contributed by atoms with Crippen molar-refractivity contribution < 1.29 is 14.3 Å². The Morgan fingerprint density at radius 1 is 1.33 bits per heavy atom. The minimum absolute atomic E-state index is 0.370. The van der Waals surface area contributed by atoms with Crippen LogP contribution in [0.3, 0.4) is 0 Å². The van der Waals surface area contributed by atoms with Crippen molar-refractivity contribution >= 4 is 11.8 Å². The van der Waals surface area contributed by atoms with Crippen molar-refractivity contribution in [3.8, 4) is 5.75 Å². The van der Waals surface area contributed by atoms with Gasteiger partial charge in [0, 0.05) is 6.92 Å². The van der Waals surface area contributed by atoms with Gasteiger partial charge in [0.25, 0.3) is 5.91 Å². The Kier molecular flexibility index (Phi) is 3.85. The lowest BCUT2D eigenvalue weighted by atomic mass is 10.2. The number of hydrogen-bond donors (Lipinski definition) is 1. The fraction of sp³-hybridized carbons (Fsp3) is 0.273. The molecule has 0 saturated carbocycles. The third kappa shape index (κ3) is 3.09. The molecule has 0 aliphatic carbocycles. The summed E-state index contributed by atoms with van der Waals surface area (Å²) < 4.78 is 5.27. The maximum atomic E-state index is 11.5. The SMILES string of the molecule is CCOc1ccccc1C(=O)NC(C)=O. The average Bonchev–Trinajstić information content (AvgIpc) is 2.18. The predicted octanol–water partition coefficient (Wildman–Crippen LogP) is 1.36. The lowest BCUT2D eigenvalue weighted by molar-refractivity contribution is -0.118. The number of rotatable bonds is 3. The van der Waals surface area contributed by atoms with Gasteiger partial charge >= 0.3 is 0 Å². The molecule has 0 aromatic heterocycles. The number of hydrogen-bond acceptors (Lipinski definition) is 3. The minimum Gasteiger partial charge on any atom is -0.493 e. The Bertz CT molecular complexity index is 374. The van der Waals surface area contributed by atoms with Gasteiger partial charge in [-0.2, -0.15) is 0 Å². The van der Waals surface area contributed by atoms with Gasteiger partial charge in [-0.25, -0.2) is 0 Å². The van der Waals surface area contributed by atoms with Crippen molar-refractivity contribution in [2.24, 2.45) is 0 Å². The summed E-state index contributed by atoms with van der Waals surface area (Å²) in [6.45, 7) is 3.60. The summed E-state index contributed by atoms with van der Waals surface area (Å²) in [7, 11) is 0. The number of amides is 2. The van der Waals surface area contributed by atoms with E-state index in [2.05, 4.69) is 5.32 Å². The zero-order chi connectivity index (χ0) is 11.3. The van der Waals surface area contributed by atoms with Gasteiger partial charge in [0.15, 0.2) is 0 Å². The quantitative estimate of drug-likeness (QED) is 0.814. The van der Waals surface area contributed by atoms with Crippen LogP contribution >= 0.6 is 0 Å². The van der Waals surface area contributed by atoms with E-state index in [1.54, 1.807) is 24.3 Å². The Morgan fingerprint density at radius 3 is 2.60 bits per heavy atom. The number of carbonyl (C=O) groups is 2. The van der Waals surface area contributed by atoms with Crippen LogP contribution in [0, 0.1) is 0 Å². The molecule has 4 nitrogen and oxygen atoms in total. The van der Waals surface area contributed by atoms with Crippen LogP contribution in [0.25, 0.3) is 0 Å². The molecule has 0 unspecified atom stereocenters. The van der Waals surface area contributed by atoms with E-state index in [0.29, 0.717) is 17.9 Å². The van der Waals surface area contributed by atoms with Crippen molar-refractivity contribution in [3.05, 3.63) is 29.8 Å². The van der Waals surface area contributed by atoms with Gasteiger partial charge in [-0.15, -0.1) is 0 Å². The Hall–Kier alpha value is -1.84. The highest BCUT2D eigenvalue weighted by Gasteiger charge is 2.12. The molecule has 1 aromatic rings. The van der Waals surface area contributed by atoms with E-state index in [1.165, 1.54) is 6.92 Å². The van der Waals surface area contributed by atoms with Gasteiger partial charge in [-0.05, 0) is 19.1 Å². The van der Waals surface area contributed by atoms with Gasteiger partial charge < -0.3 is 4.74 Å². The molecular weight excluding hydrogens is 194 g/mol. The Morgan fingerprint density at radius 2 is 2.00 bits per heavy atom. The third-order valence-corrected chi connectivity index (χ3v) is 1.72. The van der Waals surface area contributed by atoms with E-state index in [-0.39, 0.29) is 5.91 Å². The zero-order valence-electron chi connectivity index (χ0n) is 8.74. The lowest BCUT2D eigenvalue weighted by Gasteiger charge is -2.08. The number of para-hydroxylation sites is 1. The number of imide groups is 1. The van der Waals surface area contributed by atoms with Crippen LogP contribution in [0.15, 0.2) is 24.3 Å². The molecule has 0 bridgehead atoms. The molecule has 1 rings (SSSR count). The number of benzene rings is 1. The van der Waals surface area contributed by atoms with E-state index < -0.39 is 5.91 Å². The zero-order valence-corrected chi connectivity index (χ0v) is 8.74. The van der Waals surface area contributed by atoms with Crippen molar-refractivity contribution in [2.45, 2.75) is 13.8 Å². The van der Waals surface area contributed by atoms with E-state index in [9.17, 15) is 9.59 Å². The van der Waals surface area contributed by atoms with Gasteiger partial charge in [-0.1, -0.05) is 12.1 Å². The highest BCUT2D eigenvalue weighted by molar-refractivity contribution is 6.05. The predicted molar refractivity (Wildman–Crippen MR) is 55.8 cm³/mol. The fourth-order valence-corrected chi connectivity index (χ4v) is 1.16. The second-order valence-electron chi connectivity index (χ2n) is 2.94. The molecule has 0 fully saturated rings. The molecule has 1 N–H and O–H groups in total. The molecule has 0 atom stereocenters. The first-order valence-electron chi connectivity index (χ1n) is 4.69. The second kappa shape index (κ2) is 5.14. The van der Waals surface area contributed by atoms with Crippen LogP contribution in [0.4, 0.5) is 0 Å². The maximum absolute atomic E-state index is 11.5. The van der Waals surface area contributed by atoms with Gasteiger partial charge in [0.1, 0.15) is 5.75 Å². The summed E-state index contributed by atoms with van der Waals surface area (Å²) in [4.78, 5) is 22.3.